The molecule has 4 aromatic rings. The molecule has 0 unspecified atom stereocenters. The normalized spacial score (nSPS) is 10.8. The first-order valence-corrected chi connectivity index (χ1v) is 9.45. The van der Waals surface area contributed by atoms with Crippen molar-refractivity contribution in [2.45, 2.75) is 20.8 Å². The summed E-state index contributed by atoms with van der Waals surface area (Å²) in [5.74, 6) is 0. The zero-order chi connectivity index (χ0) is 18.8. The van der Waals surface area contributed by atoms with Gasteiger partial charge in [-0.25, -0.2) is 0 Å². The molecule has 0 heterocycles. The highest BCUT2D eigenvalue weighted by Crippen LogP contribution is 2.28. The Morgan fingerprint density at radius 2 is 0.593 bits per heavy atom. The molecule has 0 N–H and O–H groups in total. The molecule has 0 nitrogen and oxygen atoms in total. The van der Waals surface area contributed by atoms with E-state index in [0.29, 0.717) is 0 Å². The smallest absolute Gasteiger partial charge is 0.0179 e. The lowest BCUT2D eigenvalue weighted by Gasteiger charge is -2.08. The van der Waals surface area contributed by atoms with Gasteiger partial charge in [0.2, 0.25) is 0 Å². The zero-order valence-electron chi connectivity index (χ0n) is 16.2. The topological polar surface area (TPSA) is 0 Å². The van der Waals surface area contributed by atoms with Crippen molar-refractivity contribution >= 4 is 0 Å². The van der Waals surface area contributed by atoms with Crippen molar-refractivity contribution in [1.82, 2.24) is 0 Å². The highest BCUT2D eigenvalue weighted by atomic mass is 14.1. The van der Waals surface area contributed by atoms with Gasteiger partial charge in [0, 0.05) is 0 Å². The van der Waals surface area contributed by atoms with Crippen LogP contribution in [0, 0.1) is 20.8 Å². The van der Waals surface area contributed by atoms with E-state index in [4.69, 9.17) is 0 Å². The van der Waals surface area contributed by atoms with E-state index in [1.54, 1.807) is 0 Å². The van der Waals surface area contributed by atoms with E-state index < -0.39 is 0 Å². The van der Waals surface area contributed by atoms with Crippen molar-refractivity contribution in [2.75, 3.05) is 0 Å². The number of hydrogen-bond donors (Lipinski definition) is 0. The minimum Gasteiger partial charge on any atom is -0.0587 e. The summed E-state index contributed by atoms with van der Waals surface area (Å²) in [7, 11) is 0. The van der Waals surface area contributed by atoms with Crippen LogP contribution in [0.3, 0.4) is 0 Å². The quantitative estimate of drug-likeness (QED) is 0.357. The third-order valence-electron chi connectivity index (χ3n) is 5.04. The van der Waals surface area contributed by atoms with Gasteiger partial charge in [-0.05, 0) is 54.2 Å². The molecule has 0 atom stereocenters. The minimum absolute atomic E-state index is 1.25. The zero-order valence-corrected chi connectivity index (χ0v) is 16.2. The Morgan fingerprint density at radius 1 is 0.296 bits per heavy atom. The van der Waals surface area contributed by atoms with Gasteiger partial charge in [-0.1, -0.05) is 108 Å². The molecule has 0 saturated heterocycles. The van der Waals surface area contributed by atoms with Gasteiger partial charge in [0.25, 0.3) is 0 Å². The molecule has 0 heteroatoms. The minimum atomic E-state index is 1.25. The van der Waals surface area contributed by atoms with Crippen LogP contribution < -0.4 is 0 Å². The summed E-state index contributed by atoms with van der Waals surface area (Å²) in [5.41, 5.74) is 11.5. The van der Waals surface area contributed by atoms with Gasteiger partial charge in [0.15, 0.2) is 0 Å². The molecule has 0 aliphatic heterocycles. The van der Waals surface area contributed by atoms with Gasteiger partial charge in [-0.3, -0.25) is 0 Å². The maximum atomic E-state index is 2.25. The van der Waals surface area contributed by atoms with Crippen LogP contribution >= 0.6 is 0 Å². The third-order valence-corrected chi connectivity index (χ3v) is 5.04. The predicted octanol–water partition coefficient (Wildman–Crippen LogP) is 7.61. The fraction of sp³-hybridized carbons (Fsp3) is 0.111. The van der Waals surface area contributed by atoms with Gasteiger partial charge < -0.3 is 0 Å². The first-order chi connectivity index (χ1) is 13.1. The molecule has 27 heavy (non-hydrogen) atoms. The molecule has 0 aliphatic rings. The lowest BCUT2D eigenvalue weighted by molar-refractivity contribution is 1.38. The molecule has 0 aromatic heterocycles. The molecule has 4 rings (SSSR count). The van der Waals surface area contributed by atoms with Crippen molar-refractivity contribution in [3.8, 4) is 33.4 Å². The molecular weight excluding hydrogens is 324 g/mol. The molecule has 0 bridgehead atoms. The van der Waals surface area contributed by atoms with Crippen LogP contribution in [0.15, 0.2) is 91.0 Å². The fourth-order valence-corrected chi connectivity index (χ4v) is 3.60. The van der Waals surface area contributed by atoms with E-state index in [-0.39, 0.29) is 0 Å². The highest BCUT2D eigenvalue weighted by Gasteiger charge is 2.03. The van der Waals surface area contributed by atoms with Crippen LogP contribution in [0.4, 0.5) is 0 Å². The molecule has 0 fully saturated rings. The van der Waals surface area contributed by atoms with Crippen LogP contribution in [0.5, 0.6) is 0 Å². The lowest BCUT2D eigenvalue weighted by atomic mass is 9.96. The summed E-state index contributed by atoms with van der Waals surface area (Å²) in [6, 6.07) is 33.1. The van der Waals surface area contributed by atoms with Crippen LogP contribution in [-0.4, -0.2) is 0 Å². The second-order valence-electron chi connectivity index (χ2n) is 7.40. The van der Waals surface area contributed by atoms with Crippen molar-refractivity contribution in [2.24, 2.45) is 0 Å². The monoisotopic (exact) mass is 348 g/mol. The van der Waals surface area contributed by atoms with Crippen LogP contribution in [0.1, 0.15) is 16.7 Å². The maximum absolute atomic E-state index is 2.25. The summed E-state index contributed by atoms with van der Waals surface area (Å²) in [6.07, 6.45) is 0. The van der Waals surface area contributed by atoms with Crippen LogP contribution in [-0.2, 0) is 0 Å². The Bertz CT molecular complexity index is 1030. The third kappa shape index (κ3) is 3.85. The van der Waals surface area contributed by atoms with Crippen LogP contribution in [0.2, 0.25) is 0 Å². The molecule has 0 aliphatic carbocycles. The number of aryl methyl sites for hydroxylation is 3. The van der Waals surface area contributed by atoms with Gasteiger partial charge in [-0.15, -0.1) is 0 Å². The van der Waals surface area contributed by atoms with Crippen molar-refractivity contribution in [1.29, 1.82) is 0 Å². The summed E-state index contributed by atoms with van der Waals surface area (Å²) < 4.78 is 0. The molecule has 0 radical (unpaired) electrons. The summed E-state index contributed by atoms with van der Waals surface area (Å²) in [6.45, 7) is 6.43. The second kappa shape index (κ2) is 7.25. The molecule has 0 saturated carbocycles. The van der Waals surface area contributed by atoms with Gasteiger partial charge >= 0.3 is 0 Å². The summed E-state index contributed by atoms with van der Waals surface area (Å²) in [5, 5.41) is 0. The van der Waals surface area contributed by atoms with E-state index >= 15 is 0 Å². The highest BCUT2D eigenvalue weighted by molar-refractivity contribution is 5.73. The van der Waals surface area contributed by atoms with E-state index in [0.717, 1.165) is 0 Å². The first-order valence-electron chi connectivity index (χ1n) is 9.45. The lowest BCUT2D eigenvalue weighted by Crippen LogP contribution is -1.84. The van der Waals surface area contributed by atoms with Crippen molar-refractivity contribution in [3.63, 3.8) is 0 Å². The molecule has 0 spiro atoms. The van der Waals surface area contributed by atoms with Gasteiger partial charge in [0.05, 0.1) is 0 Å². The first kappa shape index (κ1) is 17.3. The Balaban J connectivity index is 1.59. The van der Waals surface area contributed by atoms with Gasteiger partial charge in [-0.2, -0.15) is 0 Å². The molecule has 132 valence electrons. The second-order valence-corrected chi connectivity index (χ2v) is 7.40. The predicted molar refractivity (Wildman–Crippen MR) is 117 cm³/mol. The summed E-state index contributed by atoms with van der Waals surface area (Å²) in [4.78, 5) is 0. The largest absolute Gasteiger partial charge is 0.0587 e. The summed E-state index contributed by atoms with van der Waals surface area (Å²) >= 11 is 0. The SMILES string of the molecule is Cc1ccc(-c2ccc(-c3ccc(-c4cc(C)cc(C)c4)cc3)cc2)cc1. The Hall–Kier alpha value is -3.12. The number of rotatable bonds is 3. The average Bonchev–Trinajstić information content (AvgIpc) is 2.68. The Kier molecular flexibility index (Phi) is 4.64. The number of hydrogen-bond acceptors (Lipinski definition) is 0. The maximum Gasteiger partial charge on any atom is -0.0179 e. The standard InChI is InChI=1S/C27H24/c1-19-4-6-22(7-5-19)23-8-10-24(11-9-23)25-12-14-26(15-13-25)27-17-20(2)16-21(3)18-27/h4-18H,1-3H3. The molecule has 4 aromatic carbocycles. The fourth-order valence-electron chi connectivity index (χ4n) is 3.60. The Morgan fingerprint density at radius 3 is 0.963 bits per heavy atom. The molecular formula is C27H24. The molecule has 0 amide bonds. The van der Waals surface area contributed by atoms with E-state index in [1.807, 2.05) is 0 Å². The van der Waals surface area contributed by atoms with Gasteiger partial charge in [0.1, 0.15) is 0 Å². The van der Waals surface area contributed by atoms with E-state index in [1.165, 1.54) is 50.1 Å². The van der Waals surface area contributed by atoms with E-state index in [2.05, 4.69) is 112 Å². The number of benzene rings is 4. The average molecular weight is 348 g/mol. The Labute approximate surface area is 162 Å². The van der Waals surface area contributed by atoms with Crippen molar-refractivity contribution in [3.05, 3.63) is 108 Å². The van der Waals surface area contributed by atoms with Crippen LogP contribution in [0.25, 0.3) is 33.4 Å². The van der Waals surface area contributed by atoms with Crippen molar-refractivity contribution < 1.29 is 0 Å². The van der Waals surface area contributed by atoms with E-state index in [9.17, 15) is 0 Å².